The summed E-state index contributed by atoms with van der Waals surface area (Å²) in [6.45, 7) is 13.2. The number of phenolic OH excluding ortho intramolecular Hbond substituents is 1. The molecule has 0 aliphatic heterocycles. The van der Waals surface area contributed by atoms with Crippen LogP contribution >= 0.6 is 0 Å². The molecule has 41 heavy (non-hydrogen) atoms. The molecule has 2 heterocycles. The second kappa shape index (κ2) is 16.6. The number of benzene rings is 1. The van der Waals surface area contributed by atoms with Crippen molar-refractivity contribution in [2.75, 3.05) is 0 Å². The number of aromatic amines is 1. The summed E-state index contributed by atoms with van der Waals surface area (Å²) in [6.07, 6.45) is 19.8. The molecule has 0 aliphatic rings. The van der Waals surface area contributed by atoms with Crippen LogP contribution in [0.2, 0.25) is 0 Å². The van der Waals surface area contributed by atoms with Crippen molar-refractivity contribution in [2.45, 2.75) is 144 Å². The molecular formula is C37H56N2O2. The molecule has 4 nitrogen and oxygen atoms in total. The summed E-state index contributed by atoms with van der Waals surface area (Å²) < 4.78 is 2.43. The smallest absolute Gasteiger partial charge is 0.161 e. The summed E-state index contributed by atoms with van der Waals surface area (Å²) in [5.74, 6) is 0.382. The van der Waals surface area contributed by atoms with Gasteiger partial charge in [-0.05, 0) is 69.9 Å². The number of ketones is 1. The van der Waals surface area contributed by atoms with Crippen LogP contribution in [0.3, 0.4) is 0 Å². The first-order chi connectivity index (χ1) is 19.7. The number of hydrogen-bond donors (Lipinski definition) is 2. The van der Waals surface area contributed by atoms with Crippen LogP contribution in [0.25, 0.3) is 11.3 Å². The van der Waals surface area contributed by atoms with Crippen molar-refractivity contribution in [1.29, 1.82) is 0 Å². The van der Waals surface area contributed by atoms with E-state index < -0.39 is 0 Å². The van der Waals surface area contributed by atoms with Crippen molar-refractivity contribution in [3.05, 3.63) is 63.6 Å². The van der Waals surface area contributed by atoms with Crippen LogP contribution < -0.4 is 0 Å². The predicted octanol–water partition coefficient (Wildman–Crippen LogP) is 10.7. The minimum absolute atomic E-state index is 0.0764. The number of aromatic hydroxyl groups is 1. The molecule has 1 aromatic carbocycles. The molecular weight excluding hydrogens is 504 g/mol. The molecule has 2 N–H and O–H groups in total. The highest BCUT2D eigenvalue weighted by Crippen LogP contribution is 2.33. The fourth-order valence-corrected chi connectivity index (χ4v) is 6.56. The normalized spacial score (nSPS) is 11.5. The van der Waals surface area contributed by atoms with E-state index in [1.54, 1.807) is 6.92 Å². The van der Waals surface area contributed by atoms with Gasteiger partial charge in [-0.15, -0.1) is 0 Å². The average Bonchev–Trinajstić information content (AvgIpc) is 3.37. The molecule has 3 rings (SSSR count). The molecule has 0 atom stereocenters. The Balaban J connectivity index is 1.48. The van der Waals surface area contributed by atoms with Crippen LogP contribution in [0.1, 0.15) is 148 Å². The topological polar surface area (TPSA) is 58.0 Å². The van der Waals surface area contributed by atoms with E-state index >= 15 is 0 Å². The van der Waals surface area contributed by atoms with Crippen molar-refractivity contribution in [3.8, 4) is 17.0 Å². The number of H-pyrrole nitrogens is 1. The number of hydrogen-bond acceptors (Lipinski definition) is 2. The van der Waals surface area contributed by atoms with Crippen LogP contribution in [-0.4, -0.2) is 20.4 Å². The van der Waals surface area contributed by atoms with Crippen LogP contribution in [0.5, 0.6) is 5.75 Å². The number of nitrogens with one attached hydrogen (secondary N) is 1. The number of Topliss-reactive ketones (excluding diaryl/α,β-unsaturated/α-hetero) is 1. The van der Waals surface area contributed by atoms with Crippen molar-refractivity contribution in [2.24, 2.45) is 0 Å². The van der Waals surface area contributed by atoms with Gasteiger partial charge in [0.2, 0.25) is 0 Å². The van der Waals surface area contributed by atoms with Gasteiger partial charge in [-0.3, -0.25) is 4.79 Å². The Morgan fingerprint density at radius 3 is 1.88 bits per heavy atom. The molecule has 0 aliphatic carbocycles. The van der Waals surface area contributed by atoms with Crippen molar-refractivity contribution in [3.63, 3.8) is 0 Å². The van der Waals surface area contributed by atoms with Gasteiger partial charge in [-0.25, -0.2) is 0 Å². The Morgan fingerprint density at radius 1 is 0.805 bits per heavy atom. The SMILES string of the molecule is CCCCCCCCCCCCCCCCn1c(C)cc(C)c1-c1ccc(Cc2[nH]c(C)c(C(C)=O)c2C)c(O)c1. The van der Waals surface area contributed by atoms with Gasteiger partial charge in [0, 0.05) is 41.2 Å². The second-order valence-corrected chi connectivity index (χ2v) is 12.4. The molecule has 0 bridgehead atoms. The van der Waals surface area contributed by atoms with E-state index in [-0.39, 0.29) is 5.78 Å². The summed E-state index contributed by atoms with van der Waals surface area (Å²) in [6, 6.07) is 8.34. The summed E-state index contributed by atoms with van der Waals surface area (Å²) in [7, 11) is 0. The quantitative estimate of drug-likeness (QED) is 0.113. The number of phenols is 1. The van der Waals surface area contributed by atoms with Crippen molar-refractivity contribution >= 4 is 5.78 Å². The molecule has 0 spiro atoms. The Kier molecular flexibility index (Phi) is 13.3. The largest absolute Gasteiger partial charge is 0.508 e. The summed E-state index contributed by atoms with van der Waals surface area (Å²) >= 11 is 0. The van der Waals surface area contributed by atoms with Gasteiger partial charge in [-0.1, -0.05) is 103 Å². The van der Waals surface area contributed by atoms with Gasteiger partial charge in [0.05, 0.1) is 5.69 Å². The molecule has 0 fully saturated rings. The van der Waals surface area contributed by atoms with Crippen molar-refractivity contribution in [1.82, 2.24) is 9.55 Å². The molecule has 2 aromatic heterocycles. The summed E-state index contributed by atoms with van der Waals surface area (Å²) in [5, 5.41) is 11.0. The average molecular weight is 561 g/mol. The number of aromatic nitrogens is 2. The maximum absolute atomic E-state index is 12.0. The summed E-state index contributed by atoms with van der Waals surface area (Å²) in [5.41, 5.74) is 9.31. The lowest BCUT2D eigenvalue weighted by Gasteiger charge is -2.14. The van der Waals surface area contributed by atoms with Gasteiger partial charge in [0.15, 0.2) is 5.78 Å². The number of unbranched alkanes of at least 4 members (excludes halogenated alkanes) is 13. The number of carbonyl (C=O) groups is 1. The first-order valence-corrected chi connectivity index (χ1v) is 16.4. The highest BCUT2D eigenvalue weighted by Gasteiger charge is 2.18. The van der Waals surface area contributed by atoms with Crippen LogP contribution in [0.15, 0.2) is 24.3 Å². The lowest BCUT2D eigenvalue weighted by molar-refractivity contribution is 0.101. The number of aryl methyl sites for hydroxylation is 3. The van der Waals surface area contributed by atoms with Crippen LogP contribution in [0, 0.1) is 27.7 Å². The first kappa shape index (κ1) is 32.8. The highest BCUT2D eigenvalue weighted by atomic mass is 16.3. The zero-order valence-corrected chi connectivity index (χ0v) is 26.9. The fourth-order valence-electron chi connectivity index (χ4n) is 6.56. The van der Waals surface area contributed by atoms with Gasteiger partial charge >= 0.3 is 0 Å². The van der Waals surface area contributed by atoms with E-state index in [1.165, 1.54) is 107 Å². The highest BCUT2D eigenvalue weighted by molar-refractivity contribution is 5.97. The second-order valence-electron chi connectivity index (χ2n) is 12.4. The van der Waals surface area contributed by atoms with Crippen LogP contribution in [-0.2, 0) is 13.0 Å². The molecule has 0 radical (unpaired) electrons. The van der Waals surface area contributed by atoms with Gasteiger partial charge in [0.1, 0.15) is 5.75 Å². The maximum Gasteiger partial charge on any atom is 0.161 e. The molecule has 0 amide bonds. The van der Waals surface area contributed by atoms with E-state index in [0.717, 1.165) is 40.2 Å². The fraction of sp³-hybridized carbons (Fsp3) is 0.595. The third kappa shape index (κ3) is 9.38. The first-order valence-electron chi connectivity index (χ1n) is 16.4. The Labute approximate surface area is 250 Å². The van der Waals surface area contributed by atoms with E-state index in [1.807, 2.05) is 26.0 Å². The lowest BCUT2D eigenvalue weighted by atomic mass is 10.00. The van der Waals surface area contributed by atoms with Gasteiger partial charge in [0.25, 0.3) is 0 Å². The van der Waals surface area contributed by atoms with E-state index in [2.05, 4.69) is 42.5 Å². The molecule has 0 saturated heterocycles. The zero-order valence-electron chi connectivity index (χ0n) is 26.9. The Morgan fingerprint density at radius 2 is 1.37 bits per heavy atom. The minimum Gasteiger partial charge on any atom is -0.508 e. The molecule has 3 aromatic rings. The van der Waals surface area contributed by atoms with Gasteiger partial charge in [-0.2, -0.15) is 0 Å². The third-order valence-corrected chi connectivity index (χ3v) is 8.85. The zero-order chi connectivity index (χ0) is 29.8. The molecule has 0 unspecified atom stereocenters. The minimum atomic E-state index is 0.0764. The summed E-state index contributed by atoms with van der Waals surface area (Å²) in [4.78, 5) is 15.4. The monoisotopic (exact) mass is 560 g/mol. The molecule has 4 heteroatoms. The Hall–Kier alpha value is -2.75. The Bertz CT molecular complexity index is 1250. The number of nitrogens with zero attached hydrogens (tertiary/aromatic N) is 1. The van der Waals surface area contributed by atoms with E-state index in [9.17, 15) is 9.90 Å². The standard InChI is InChI=1S/C37H56N2O2/c1-7-8-9-10-11-12-13-14-15-16-17-18-19-20-23-39-28(3)24-27(2)37(39)33-22-21-32(35(41)26-33)25-34-29(4)36(31(6)40)30(5)38-34/h21-22,24,26,38,41H,7-20,23,25H2,1-6H3. The van der Waals surface area contributed by atoms with E-state index in [4.69, 9.17) is 0 Å². The molecule has 0 saturated carbocycles. The number of rotatable bonds is 19. The van der Waals surface area contributed by atoms with Gasteiger partial charge < -0.3 is 14.7 Å². The number of carbonyl (C=O) groups excluding carboxylic acids is 1. The van der Waals surface area contributed by atoms with Crippen LogP contribution in [0.4, 0.5) is 0 Å². The lowest BCUT2D eigenvalue weighted by Crippen LogP contribution is -2.03. The molecule has 226 valence electrons. The van der Waals surface area contributed by atoms with Crippen molar-refractivity contribution < 1.29 is 9.90 Å². The predicted molar refractivity (Wildman–Crippen MR) is 174 cm³/mol. The third-order valence-electron chi connectivity index (χ3n) is 8.85. The van der Waals surface area contributed by atoms with E-state index in [0.29, 0.717) is 12.2 Å². The maximum atomic E-state index is 12.0.